The van der Waals surface area contributed by atoms with Gasteiger partial charge in [0.05, 0.1) is 31.9 Å². The molecule has 0 saturated heterocycles. The number of aromatic nitrogens is 2. The van der Waals surface area contributed by atoms with Gasteiger partial charge in [-0.2, -0.15) is 0 Å². The largest absolute Gasteiger partial charge is 0.497 e. The molecule has 0 bridgehead atoms. The number of rotatable bonds is 6. The van der Waals surface area contributed by atoms with Gasteiger partial charge in [0, 0.05) is 22.5 Å². The van der Waals surface area contributed by atoms with Gasteiger partial charge in [0.25, 0.3) is 5.56 Å². The third-order valence-corrected chi connectivity index (χ3v) is 5.38. The third-order valence-electron chi connectivity index (χ3n) is 4.63. The number of hydrogen-bond acceptors (Lipinski definition) is 6. The number of carbonyl (C=O) groups is 1. The number of H-pyrrole nitrogens is 1. The second kappa shape index (κ2) is 8.38. The monoisotopic (exact) mass is 421 g/mol. The first kappa shape index (κ1) is 19.7. The molecule has 0 aliphatic rings. The highest BCUT2D eigenvalue weighted by molar-refractivity contribution is 7.14. The van der Waals surface area contributed by atoms with E-state index in [-0.39, 0.29) is 17.9 Å². The van der Waals surface area contributed by atoms with Crippen LogP contribution in [0.1, 0.15) is 5.56 Å². The molecule has 0 unspecified atom stereocenters. The highest BCUT2D eigenvalue weighted by Crippen LogP contribution is 2.27. The van der Waals surface area contributed by atoms with Crippen LogP contribution in [0.3, 0.4) is 0 Å². The van der Waals surface area contributed by atoms with Crippen molar-refractivity contribution in [3.63, 3.8) is 0 Å². The number of aromatic amines is 1. The van der Waals surface area contributed by atoms with Gasteiger partial charge in [0.1, 0.15) is 11.5 Å². The number of hydrogen-bond donors (Lipinski definition) is 2. The predicted molar refractivity (Wildman–Crippen MR) is 118 cm³/mol. The van der Waals surface area contributed by atoms with Crippen LogP contribution in [0.2, 0.25) is 0 Å². The Hall–Kier alpha value is -3.65. The number of nitrogens with zero attached hydrogens (tertiary/aromatic N) is 1. The molecule has 30 heavy (non-hydrogen) atoms. The molecule has 0 spiro atoms. The molecule has 2 aromatic carbocycles. The summed E-state index contributed by atoms with van der Waals surface area (Å²) in [6.45, 7) is 0. The summed E-state index contributed by atoms with van der Waals surface area (Å²) in [5, 5.41) is 5.88. The minimum Gasteiger partial charge on any atom is -0.497 e. The maximum atomic E-state index is 12.5. The highest BCUT2D eigenvalue weighted by atomic mass is 32.1. The van der Waals surface area contributed by atoms with Crippen LogP contribution >= 0.6 is 11.3 Å². The Morgan fingerprint density at radius 3 is 2.77 bits per heavy atom. The molecule has 2 heterocycles. The van der Waals surface area contributed by atoms with E-state index in [2.05, 4.69) is 15.3 Å². The fraction of sp³-hybridized carbons (Fsp3) is 0.136. The van der Waals surface area contributed by atoms with E-state index in [0.717, 1.165) is 16.5 Å². The number of pyridine rings is 1. The zero-order valence-electron chi connectivity index (χ0n) is 16.4. The lowest BCUT2D eigenvalue weighted by atomic mass is 10.1. The van der Waals surface area contributed by atoms with E-state index in [0.29, 0.717) is 27.9 Å². The molecule has 0 aliphatic carbocycles. The van der Waals surface area contributed by atoms with E-state index < -0.39 is 0 Å². The molecule has 0 saturated carbocycles. The van der Waals surface area contributed by atoms with Crippen LogP contribution in [-0.2, 0) is 11.2 Å². The molecule has 152 valence electrons. The summed E-state index contributed by atoms with van der Waals surface area (Å²) in [5.41, 5.74) is 2.26. The quantitative estimate of drug-likeness (QED) is 0.493. The Balaban J connectivity index is 1.52. The lowest BCUT2D eigenvalue weighted by Crippen LogP contribution is -2.15. The van der Waals surface area contributed by atoms with Gasteiger partial charge in [-0.15, -0.1) is 11.3 Å². The fourth-order valence-electron chi connectivity index (χ4n) is 3.13. The first-order valence-corrected chi connectivity index (χ1v) is 10.0. The number of benzene rings is 2. The standard InChI is InChI=1S/C22H19N3O4S/c1-28-15-8-7-14(19(11-15)29-2)10-20(26)25-22-24-18(12-30-22)16-9-13-5-3-4-6-17(13)23-21(16)27/h3-9,11-12H,10H2,1-2H3,(H,23,27)(H,24,25,26). The zero-order chi connectivity index (χ0) is 21.1. The van der Waals surface area contributed by atoms with Crippen molar-refractivity contribution in [1.82, 2.24) is 9.97 Å². The van der Waals surface area contributed by atoms with Crippen LogP contribution in [0.15, 0.2) is 58.7 Å². The molecular weight excluding hydrogens is 402 g/mol. The summed E-state index contributed by atoms with van der Waals surface area (Å²) < 4.78 is 10.5. The number of amides is 1. The topological polar surface area (TPSA) is 93.3 Å². The molecule has 1 amide bonds. The number of nitrogens with one attached hydrogen (secondary N) is 2. The zero-order valence-corrected chi connectivity index (χ0v) is 17.2. The Kier molecular flexibility index (Phi) is 5.49. The van der Waals surface area contributed by atoms with Crippen LogP contribution in [0.25, 0.3) is 22.2 Å². The van der Waals surface area contributed by atoms with Crippen LogP contribution in [0.4, 0.5) is 5.13 Å². The van der Waals surface area contributed by atoms with Crippen LogP contribution < -0.4 is 20.3 Å². The van der Waals surface area contributed by atoms with Gasteiger partial charge in [-0.25, -0.2) is 4.98 Å². The number of fused-ring (bicyclic) bond motifs is 1. The van der Waals surface area contributed by atoms with Crippen molar-refractivity contribution in [3.05, 3.63) is 69.8 Å². The molecule has 7 nitrogen and oxygen atoms in total. The smallest absolute Gasteiger partial charge is 0.257 e. The predicted octanol–water partition coefficient (Wildman–Crippen LogP) is 3.85. The van der Waals surface area contributed by atoms with Crippen molar-refractivity contribution in [1.29, 1.82) is 0 Å². The molecule has 2 N–H and O–H groups in total. The average Bonchev–Trinajstić information content (AvgIpc) is 3.21. The van der Waals surface area contributed by atoms with Gasteiger partial charge in [0.15, 0.2) is 5.13 Å². The van der Waals surface area contributed by atoms with Gasteiger partial charge in [-0.1, -0.05) is 24.3 Å². The van der Waals surface area contributed by atoms with Crippen LogP contribution in [0.5, 0.6) is 11.5 Å². The van der Waals surface area contributed by atoms with E-state index >= 15 is 0 Å². The van der Waals surface area contributed by atoms with E-state index in [1.54, 1.807) is 43.9 Å². The van der Waals surface area contributed by atoms with Gasteiger partial charge >= 0.3 is 0 Å². The molecular formula is C22H19N3O4S. The Morgan fingerprint density at radius 1 is 1.13 bits per heavy atom. The maximum Gasteiger partial charge on any atom is 0.257 e. The second-order valence-electron chi connectivity index (χ2n) is 6.54. The van der Waals surface area contributed by atoms with Crippen LogP contribution in [-0.4, -0.2) is 30.1 Å². The van der Waals surface area contributed by atoms with Crippen LogP contribution in [0, 0.1) is 0 Å². The third kappa shape index (κ3) is 4.04. The summed E-state index contributed by atoms with van der Waals surface area (Å²) >= 11 is 1.27. The first-order chi connectivity index (χ1) is 14.6. The van der Waals surface area contributed by atoms with Gasteiger partial charge < -0.3 is 19.8 Å². The minimum atomic E-state index is -0.230. The van der Waals surface area contributed by atoms with Gasteiger partial charge in [-0.05, 0) is 23.6 Å². The number of para-hydroxylation sites is 1. The van der Waals surface area contributed by atoms with E-state index in [4.69, 9.17) is 9.47 Å². The summed E-state index contributed by atoms with van der Waals surface area (Å²) in [4.78, 5) is 32.2. The fourth-order valence-corrected chi connectivity index (χ4v) is 3.85. The number of ether oxygens (including phenoxy) is 2. The summed E-state index contributed by atoms with van der Waals surface area (Å²) in [7, 11) is 3.12. The number of carbonyl (C=O) groups excluding carboxylic acids is 1. The highest BCUT2D eigenvalue weighted by Gasteiger charge is 2.14. The van der Waals surface area contributed by atoms with Crippen molar-refractivity contribution in [2.75, 3.05) is 19.5 Å². The molecule has 4 aromatic rings. The minimum absolute atomic E-state index is 0.124. The van der Waals surface area contributed by atoms with E-state index in [1.165, 1.54) is 11.3 Å². The normalized spacial score (nSPS) is 10.7. The molecule has 0 radical (unpaired) electrons. The summed E-state index contributed by atoms with van der Waals surface area (Å²) in [5.74, 6) is 1.000. The molecule has 0 fully saturated rings. The number of anilines is 1. The van der Waals surface area contributed by atoms with Gasteiger partial charge in [0.2, 0.25) is 5.91 Å². The van der Waals surface area contributed by atoms with Crippen molar-refractivity contribution in [3.8, 4) is 22.8 Å². The molecule has 8 heteroatoms. The first-order valence-electron chi connectivity index (χ1n) is 9.16. The lowest BCUT2D eigenvalue weighted by molar-refractivity contribution is -0.115. The number of methoxy groups -OCH3 is 2. The Morgan fingerprint density at radius 2 is 1.97 bits per heavy atom. The van der Waals surface area contributed by atoms with E-state index in [1.807, 2.05) is 24.3 Å². The SMILES string of the molecule is COc1ccc(CC(=O)Nc2nc(-c3cc4ccccc4[nH]c3=O)cs2)c(OC)c1. The molecule has 2 aromatic heterocycles. The van der Waals surface area contributed by atoms with Gasteiger partial charge in [-0.3, -0.25) is 9.59 Å². The van der Waals surface area contributed by atoms with E-state index in [9.17, 15) is 9.59 Å². The molecule has 4 rings (SSSR count). The average molecular weight is 421 g/mol. The summed E-state index contributed by atoms with van der Waals surface area (Å²) in [6.07, 6.45) is 0.124. The number of thiazole rings is 1. The second-order valence-corrected chi connectivity index (χ2v) is 7.40. The molecule has 0 atom stereocenters. The van der Waals surface area contributed by atoms with Crippen molar-refractivity contribution in [2.24, 2.45) is 0 Å². The molecule has 0 aliphatic heterocycles. The summed E-state index contributed by atoms with van der Waals surface area (Å²) in [6, 6.07) is 14.6. The van der Waals surface area contributed by atoms with Crippen molar-refractivity contribution >= 4 is 33.3 Å². The Bertz CT molecular complexity index is 1280. The maximum absolute atomic E-state index is 12.5. The van der Waals surface area contributed by atoms with Crippen molar-refractivity contribution in [2.45, 2.75) is 6.42 Å². The lowest BCUT2D eigenvalue weighted by Gasteiger charge is -2.10. The van der Waals surface area contributed by atoms with Crippen molar-refractivity contribution < 1.29 is 14.3 Å². The Labute approximate surface area is 176 Å².